The molecule has 0 amide bonds. The lowest BCUT2D eigenvalue weighted by Gasteiger charge is -2.46. The molecular weight excluding hydrogens is 476 g/mol. The third-order valence-electron chi connectivity index (χ3n) is 6.34. The summed E-state index contributed by atoms with van der Waals surface area (Å²) in [5.74, 6) is -4.79. The Bertz CT molecular complexity index is 1320. The first kappa shape index (κ1) is 24.9. The summed E-state index contributed by atoms with van der Waals surface area (Å²) in [5, 5.41) is 25.0. The van der Waals surface area contributed by atoms with Crippen LogP contribution in [0, 0.1) is 0 Å². The second-order valence-corrected chi connectivity index (χ2v) is 8.81. The molecule has 0 saturated carbocycles. The van der Waals surface area contributed by atoms with E-state index >= 15 is 0 Å². The fraction of sp³-hybridized carbons (Fsp3) is 0.375. The summed E-state index contributed by atoms with van der Waals surface area (Å²) in [7, 11) is 0. The fourth-order valence-corrected chi connectivity index (χ4v) is 5.09. The molecule has 4 rings (SSSR count). The molecule has 12 nitrogen and oxygen atoms in total. The largest absolute Gasteiger partial charge is 0.711 e. The highest BCUT2D eigenvalue weighted by Crippen LogP contribution is 2.52. The minimum absolute atomic E-state index is 0.170. The molecule has 3 aliphatic carbocycles. The Morgan fingerprint density at radius 3 is 2.14 bits per heavy atom. The number of carbonyl (C=O) groups is 5. The lowest BCUT2D eigenvalue weighted by molar-refractivity contribution is -0.207. The molecule has 188 valence electrons. The number of ketones is 2. The zero-order valence-electron chi connectivity index (χ0n) is 19.6. The van der Waals surface area contributed by atoms with Gasteiger partial charge in [-0.3, -0.25) is 24.0 Å². The van der Waals surface area contributed by atoms with E-state index in [2.05, 4.69) is 5.11 Å². The van der Waals surface area contributed by atoms with Crippen LogP contribution in [-0.2, 0) is 28.6 Å². The molecule has 3 aliphatic rings. The van der Waals surface area contributed by atoms with Crippen molar-refractivity contribution < 1.29 is 48.4 Å². The number of phenolic OH excluding ortho intramolecular Hbond substituents is 1. The van der Waals surface area contributed by atoms with Crippen LogP contribution in [0.1, 0.15) is 48.4 Å². The highest BCUT2D eigenvalue weighted by atomic mass is 16.6. The van der Waals surface area contributed by atoms with Crippen molar-refractivity contribution in [2.45, 2.75) is 57.6 Å². The van der Waals surface area contributed by atoms with Crippen molar-refractivity contribution in [2.24, 2.45) is 5.11 Å². The van der Waals surface area contributed by atoms with Crippen LogP contribution in [-0.4, -0.2) is 69.6 Å². The van der Waals surface area contributed by atoms with E-state index in [-0.39, 0.29) is 33.4 Å². The molecule has 0 fully saturated rings. The summed E-state index contributed by atoms with van der Waals surface area (Å²) in [6, 6.07) is 2.22. The van der Waals surface area contributed by atoms with Gasteiger partial charge in [0.05, 0.1) is 11.6 Å². The number of hydrogen-bond acceptors (Lipinski definition) is 11. The predicted molar refractivity (Wildman–Crippen MR) is 118 cm³/mol. The van der Waals surface area contributed by atoms with Crippen molar-refractivity contribution >= 4 is 29.5 Å². The quantitative estimate of drug-likeness (QED) is 0.349. The number of nitrogens with zero attached hydrogens (tertiary/aromatic N) is 2. The second kappa shape index (κ2) is 8.48. The Morgan fingerprint density at radius 2 is 1.58 bits per heavy atom. The molecule has 36 heavy (non-hydrogen) atoms. The van der Waals surface area contributed by atoms with Gasteiger partial charge >= 0.3 is 17.9 Å². The van der Waals surface area contributed by atoms with Crippen molar-refractivity contribution in [3.63, 3.8) is 0 Å². The van der Waals surface area contributed by atoms with Gasteiger partial charge in [0.1, 0.15) is 11.4 Å². The number of esters is 3. The summed E-state index contributed by atoms with van der Waals surface area (Å²) >= 11 is 0. The van der Waals surface area contributed by atoms with E-state index in [4.69, 9.17) is 14.2 Å². The van der Waals surface area contributed by atoms with E-state index < -0.39 is 65.2 Å². The molecule has 0 aromatic heterocycles. The van der Waals surface area contributed by atoms with E-state index in [1.54, 1.807) is 0 Å². The lowest BCUT2D eigenvalue weighted by Crippen LogP contribution is -2.63. The summed E-state index contributed by atoms with van der Waals surface area (Å²) in [6.07, 6.45) is -5.03. The Balaban J connectivity index is 2.07. The third-order valence-corrected chi connectivity index (χ3v) is 6.34. The van der Waals surface area contributed by atoms with E-state index in [0.717, 1.165) is 27.7 Å². The van der Waals surface area contributed by atoms with E-state index in [9.17, 15) is 39.7 Å². The van der Waals surface area contributed by atoms with Crippen molar-refractivity contribution in [3.05, 3.63) is 57.1 Å². The van der Waals surface area contributed by atoms with Gasteiger partial charge in [-0.05, 0) is 13.0 Å². The standard InChI is InChI=1S/C24H21N2O10/c1-8(27)34-21-15-14-16(20(32)13-11(19(14)31)6-5-7-12(13)30)18(26-25)17(15)22(35-9(2)28)24(4,33)23(21)36-10(3)29/h5-7,18,21-23,30,33H,1-4H3/q-1. The molecule has 0 saturated heterocycles. The maximum atomic E-state index is 13.7. The smallest absolute Gasteiger partial charge is 0.303 e. The number of phenols is 1. The van der Waals surface area contributed by atoms with Crippen molar-refractivity contribution in [1.82, 2.24) is 0 Å². The highest BCUT2D eigenvalue weighted by molar-refractivity contribution is 6.31. The van der Waals surface area contributed by atoms with Crippen LogP contribution in [0.15, 0.2) is 45.6 Å². The molecule has 2 N–H and O–H groups in total. The average Bonchev–Trinajstić information content (AvgIpc) is 3.12. The molecular formula is C24H21N2O10-. The van der Waals surface area contributed by atoms with Crippen LogP contribution in [0.25, 0.3) is 5.53 Å². The zero-order chi connectivity index (χ0) is 26.7. The van der Waals surface area contributed by atoms with E-state index in [0.29, 0.717) is 0 Å². The zero-order valence-corrected chi connectivity index (χ0v) is 19.6. The molecule has 12 heteroatoms. The van der Waals surface area contributed by atoms with Crippen LogP contribution >= 0.6 is 0 Å². The van der Waals surface area contributed by atoms with Gasteiger partial charge < -0.3 is 35.1 Å². The number of fused-ring (bicyclic) bond motifs is 2. The van der Waals surface area contributed by atoms with Crippen molar-refractivity contribution in [3.8, 4) is 5.75 Å². The Morgan fingerprint density at radius 1 is 0.972 bits per heavy atom. The molecule has 0 aliphatic heterocycles. The molecule has 0 heterocycles. The maximum Gasteiger partial charge on any atom is 0.303 e. The molecule has 0 bridgehead atoms. The number of aromatic hydroxyl groups is 1. The summed E-state index contributed by atoms with van der Waals surface area (Å²) in [4.78, 5) is 63.2. The summed E-state index contributed by atoms with van der Waals surface area (Å²) < 4.78 is 16.0. The number of Topliss-reactive ketones (excluding diaryl/α,β-unsaturated/α-hetero) is 2. The average molecular weight is 497 g/mol. The molecule has 5 atom stereocenters. The number of hydrogen-bond donors (Lipinski definition) is 2. The van der Waals surface area contributed by atoms with Crippen LogP contribution < -0.4 is 0 Å². The fourth-order valence-electron chi connectivity index (χ4n) is 5.09. The Labute approximate surface area is 204 Å². The van der Waals surface area contributed by atoms with Gasteiger partial charge in [0.2, 0.25) is 0 Å². The molecule has 0 radical (unpaired) electrons. The first-order chi connectivity index (χ1) is 16.8. The SMILES string of the molecule is CC(=O)OC1C2=C(C(N=[N-])C3=C2C(=O)c2cccc(O)c2C3=O)C(OC(C)=O)C(C)(O)C1OC(C)=O. The number of ether oxygens (including phenoxy) is 3. The number of carbonyl (C=O) groups excluding carboxylic acids is 5. The van der Waals surface area contributed by atoms with Gasteiger partial charge in [-0.1, -0.05) is 12.1 Å². The predicted octanol–water partition coefficient (Wildman–Crippen LogP) is 1.33. The number of benzene rings is 1. The van der Waals surface area contributed by atoms with Gasteiger partial charge in [-0.15, -0.1) is 0 Å². The molecule has 0 spiro atoms. The van der Waals surface area contributed by atoms with Gasteiger partial charge in [0, 0.05) is 48.6 Å². The van der Waals surface area contributed by atoms with Gasteiger partial charge in [0.15, 0.2) is 29.9 Å². The van der Waals surface area contributed by atoms with E-state index in [1.807, 2.05) is 0 Å². The first-order valence-electron chi connectivity index (χ1n) is 10.8. The normalized spacial score (nSPS) is 28.7. The first-order valence-corrected chi connectivity index (χ1v) is 10.8. The number of rotatable bonds is 4. The van der Waals surface area contributed by atoms with Crippen molar-refractivity contribution in [1.29, 1.82) is 0 Å². The van der Waals surface area contributed by atoms with Crippen LogP contribution in [0.5, 0.6) is 5.75 Å². The van der Waals surface area contributed by atoms with Crippen LogP contribution in [0.3, 0.4) is 0 Å². The van der Waals surface area contributed by atoms with Crippen LogP contribution in [0.2, 0.25) is 0 Å². The van der Waals surface area contributed by atoms with Gasteiger partial charge in [-0.2, -0.15) is 0 Å². The maximum absolute atomic E-state index is 13.7. The van der Waals surface area contributed by atoms with Crippen molar-refractivity contribution in [2.75, 3.05) is 0 Å². The highest BCUT2D eigenvalue weighted by Gasteiger charge is 2.62. The van der Waals surface area contributed by atoms with Gasteiger partial charge in [-0.25, -0.2) is 0 Å². The monoisotopic (exact) mass is 497 g/mol. The Hall–Kier alpha value is -4.19. The molecule has 1 aromatic rings. The van der Waals surface area contributed by atoms with E-state index in [1.165, 1.54) is 18.2 Å². The second-order valence-electron chi connectivity index (χ2n) is 8.81. The minimum atomic E-state index is -2.27. The number of aliphatic hydroxyl groups is 1. The third kappa shape index (κ3) is 3.52. The summed E-state index contributed by atoms with van der Waals surface area (Å²) in [6.45, 7) is 4.25. The minimum Gasteiger partial charge on any atom is -0.711 e. The topological polar surface area (TPSA) is 188 Å². The Kier molecular flexibility index (Phi) is 5.87. The summed E-state index contributed by atoms with van der Waals surface area (Å²) in [5.41, 5.74) is 6.11. The lowest BCUT2D eigenvalue weighted by atomic mass is 9.73. The molecule has 5 unspecified atom stereocenters. The molecule has 1 aromatic carbocycles. The van der Waals surface area contributed by atoms with Crippen LogP contribution in [0.4, 0.5) is 0 Å². The van der Waals surface area contributed by atoms with Gasteiger partial charge in [0.25, 0.3) is 0 Å².